The fourth-order valence-electron chi connectivity index (χ4n) is 2.23. The van der Waals surface area contributed by atoms with Crippen molar-refractivity contribution in [3.63, 3.8) is 0 Å². The smallest absolute Gasteiger partial charge is 0.341 e. The molecular weight excluding hydrogens is 296 g/mol. The molecule has 0 saturated heterocycles. The van der Waals surface area contributed by atoms with Gasteiger partial charge in [0.15, 0.2) is 5.78 Å². The monoisotopic (exact) mass is 312 g/mol. The molecule has 0 amide bonds. The molecule has 0 atom stereocenters. The second kappa shape index (κ2) is 6.87. The molecule has 0 N–H and O–H groups in total. The van der Waals surface area contributed by atoms with Crippen molar-refractivity contribution in [3.05, 3.63) is 47.5 Å². The molecule has 0 aliphatic rings. The van der Waals surface area contributed by atoms with Crippen molar-refractivity contribution in [1.82, 2.24) is 0 Å². The molecule has 5 heteroatoms. The Morgan fingerprint density at radius 1 is 1.00 bits per heavy atom. The number of ketones is 1. The van der Waals surface area contributed by atoms with Crippen molar-refractivity contribution >= 4 is 34.6 Å². The molecule has 2 rings (SSSR count). The number of benzene rings is 2. The molecule has 2 aromatic rings. The van der Waals surface area contributed by atoms with E-state index in [0.29, 0.717) is 5.56 Å². The van der Waals surface area contributed by atoms with Gasteiger partial charge >= 0.3 is 11.9 Å². The van der Waals surface area contributed by atoms with E-state index in [-0.39, 0.29) is 11.3 Å². The molecule has 0 radical (unpaired) electrons. The molecule has 118 valence electrons. The van der Waals surface area contributed by atoms with Crippen LogP contribution in [0.5, 0.6) is 5.75 Å². The quantitative estimate of drug-likeness (QED) is 0.285. The minimum atomic E-state index is -0.737. The number of ether oxygens (including phenoxy) is 2. The summed E-state index contributed by atoms with van der Waals surface area (Å²) in [5.41, 5.74) is 0.367. The topological polar surface area (TPSA) is 69.7 Å². The molecule has 2 aromatic carbocycles. The van der Waals surface area contributed by atoms with Crippen LogP contribution in [-0.2, 0) is 19.1 Å². The molecular formula is C18H16O5. The van der Waals surface area contributed by atoms with Crippen LogP contribution in [0, 0.1) is 0 Å². The van der Waals surface area contributed by atoms with Crippen molar-refractivity contribution in [2.45, 2.75) is 13.8 Å². The summed E-state index contributed by atoms with van der Waals surface area (Å²) in [6.07, 6.45) is 1.40. The van der Waals surface area contributed by atoms with E-state index in [9.17, 15) is 14.4 Å². The number of fused-ring (bicyclic) bond motifs is 1. The van der Waals surface area contributed by atoms with Gasteiger partial charge in [-0.05, 0) is 29.8 Å². The average Bonchev–Trinajstić information content (AvgIpc) is 2.52. The van der Waals surface area contributed by atoms with Crippen LogP contribution in [0.4, 0.5) is 0 Å². The van der Waals surface area contributed by atoms with Gasteiger partial charge in [-0.25, -0.2) is 4.79 Å². The largest absolute Gasteiger partial charge is 0.465 e. The van der Waals surface area contributed by atoms with Gasteiger partial charge in [0.05, 0.1) is 7.11 Å². The summed E-state index contributed by atoms with van der Waals surface area (Å²) in [6.45, 7) is 2.56. The van der Waals surface area contributed by atoms with Gasteiger partial charge < -0.3 is 9.47 Å². The predicted octanol–water partition coefficient (Wildman–Crippen LogP) is 2.91. The Morgan fingerprint density at radius 3 is 2.30 bits per heavy atom. The van der Waals surface area contributed by atoms with Crippen LogP contribution in [0.15, 0.2) is 42.0 Å². The highest BCUT2D eigenvalue weighted by molar-refractivity contribution is 6.20. The van der Waals surface area contributed by atoms with Gasteiger partial charge in [-0.3, -0.25) is 9.59 Å². The molecule has 0 unspecified atom stereocenters. The first-order valence-electron chi connectivity index (χ1n) is 6.95. The highest BCUT2D eigenvalue weighted by Crippen LogP contribution is 2.30. The minimum absolute atomic E-state index is 0.114. The van der Waals surface area contributed by atoms with E-state index in [1.807, 2.05) is 24.3 Å². The summed E-state index contributed by atoms with van der Waals surface area (Å²) in [7, 11) is 1.20. The van der Waals surface area contributed by atoms with E-state index in [2.05, 4.69) is 4.74 Å². The Bertz CT molecular complexity index is 817. The Hall–Kier alpha value is -2.95. The van der Waals surface area contributed by atoms with Crippen LogP contribution in [-0.4, -0.2) is 24.8 Å². The fourth-order valence-corrected chi connectivity index (χ4v) is 2.23. The number of hydrogen-bond acceptors (Lipinski definition) is 5. The van der Waals surface area contributed by atoms with E-state index >= 15 is 0 Å². The Morgan fingerprint density at radius 2 is 1.70 bits per heavy atom. The number of methoxy groups -OCH3 is 1. The molecule has 0 aliphatic heterocycles. The van der Waals surface area contributed by atoms with Crippen LogP contribution in [0.1, 0.15) is 19.4 Å². The molecule has 0 aromatic heterocycles. The zero-order valence-corrected chi connectivity index (χ0v) is 13.1. The van der Waals surface area contributed by atoms with Gasteiger partial charge in [0.1, 0.15) is 11.3 Å². The number of esters is 2. The van der Waals surface area contributed by atoms with E-state index in [1.54, 1.807) is 12.1 Å². The van der Waals surface area contributed by atoms with Crippen LogP contribution in [0.25, 0.3) is 16.8 Å². The highest BCUT2D eigenvalue weighted by atomic mass is 16.5. The van der Waals surface area contributed by atoms with E-state index in [0.717, 1.165) is 10.8 Å². The molecule has 5 nitrogen and oxygen atoms in total. The molecule has 0 bridgehead atoms. The van der Waals surface area contributed by atoms with Crippen molar-refractivity contribution in [2.24, 2.45) is 0 Å². The number of Topliss-reactive ketones (excluding diaryl/α,β-unsaturated/α-hetero) is 1. The van der Waals surface area contributed by atoms with Crippen molar-refractivity contribution in [2.75, 3.05) is 7.11 Å². The van der Waals surface area contributed by atoms with E-state index < -0.39 is 17.7 Å². The fraction of sp³-hybridized carbons (Fsp3) is 0.167. The van der Waals surface area contributed by atoms with Crippen molar-refractivity contribution in [3.8, 4) is 5.75 Å². The third-order valence-electron chi connectivity index (χ3n) is 3.26. The lowest BCUT2D eigenvalue weighted by atomic mass is 10.00. The number of rotatable bonds is 4. The molecule has 0 aliphatic carbocycles. The minimum Gasteiger partial charge on any atom is -0.465 e. The third kappa shape index (κ3) is 3.63. The van der Waals surface area contributed by atoms with Gasteiger partial charge in [0.25, 0.3) is 0 Å². The first kappa shape index (κ1) is 16.4. The van der Waals surface area contributed by atoms with Crippen LogP contribution < -0.4 is 4.74 Å². The van der Waals surface area contributed by atoms with Crippen LogP contribution in [0.2, 0.25) is 0 Å². The number of carbonyl (C=O) groups excluding carboxylic acids is 3. The number of carbonyl (C=O) groups is 3. The summed E-state index contributed by atoms with van der Waals surface area (Å²) in [4.78, 5) is 34.9. The maximum atomic E-state index is 11.8. The first-order valence-corrected chi connectivity index (χ1v) is 6.95. The van der Waals surface area contributed by atoms with Crippen molar-refractivity contribution < 1.29 is 23.9 Å². The molecule has 0 fully saturated rings. The van der Waals surface area contributed by atoms with Crippen LogP contribution in [0.3, 0.4) is 0 Å². The van der Waals surface area contributed by atoms with E-state index in [4.69, 9.17) is 4.74 Å². The summed E-state index contributed by atoms with van der Waals surface area (Å²) >= 11 is 0. The second-order valence-electron chi connectivity index (χ2n) is 4.90. The Balaban J connectivity index is 2.75. The predicted molar refractivity (Wildman–Crippen MR) is 85.9 cm³/mol. The van der Waals surface area contributed by atoms with Gasteiger partial charge in [-0.1, -0.05) is 30.3 Å². The van der Waals surface area contributed by atoms with Crippen LogP contribution >= 0.6 is 0 Å². The second-order valence-corrected chi connectivity index (χ2v) is 4.90. The van der Waals surface area contributed by atoms with Gasteiger partial charge in [0, 0.05) is 12.5 Å². The number of hydrogen-bond donors (Lipinski definition) is 0. The lowest BCUT2D eigenvalue weighted by Gasteiger charge is -2.11. The average molecular weight is 312 g/mol. The zero-order valence-electron chi connectivity index (χ0n) is 13.1. The Labute approximate surface area is 133 Å². The molecule has 0 spiro atoms. The molecule has 0 heterocycles. The third-order valence-corrected chi connectivity index (χ3v) is 3.26. The normalized spacial score (nSPS) is 11.2. The lowest BCUT2D eigenvalue weighted by molar-refractivity contribution is -0.137. The zero-order chi connectivity index (χ0) is 17.0. The van der Waals surface area contributed by atoms with Gasteiger partial charge in [0.2, 0.25) is 0 Å². The SMILES string of the molecule is COC(=O)/C(=C\c1c(OC(C)=O)ccc2ccccc12)C(C)=O. The maximum absolute atomic E-state index is 11.8. The Kier molecular flexibility index (Phi) is 4.91. The van der Waals surface area contributed by atoms with Gasteiger partial charge in [-0.15, -0.1) is 0 Å². The molecule has 23 heavy (non-hydrogen) atoms. The van der Waals surface area contributed by atoms with Gasteiger partial charge in [-0.2, -0.15) is 0 Å². The summed E-state index contributed by atoms with van der Waals surface area (Å²) in [5.74, 6) is -1.38. The first-order chi connectivity index (χ1) is 10.9. The summed E-state index contributed by atoms with van der Waals surface area (Å²) < 4.78 is 9.84. The van der Waals surface area contributed by atoms with Crippen molar-refractivity contribution in [1.29, 1.82) is 0 Å². The van der Waals surface area contributed by atoms with E-state index in [1.165, 1.54) is 27.0 Å². The summed E-state index contributed by atoms with van der Waals surface area (Å²) in [6, 6.07) is 10.8. The standard InChI is InChI=1S/C18H16O5/c1-11(19)15(18(21)22-3)10-16-14-7-5-4-6-13(14)8-9-17(16)23-12(2)20/h4-10H,1-3H3/b15-10-. The molecule has 0 saturated carbocycles. The summed E-state index contributed by atoms with van der Waals surface area (Å²) in [5, 5.41) is 1.65. The highest BCUT2D eigenvalue weighted by Gasteiger charge is 2.18. The maximum Gasteiger partial charge on any atom is 0.341 e. The lowest BCUT2D eigenvalue weighted by Crippen LogP contribution is -2.12.